The number of hydrogen-bond donors (Lipinski definition) is 2. The topological polar surface area (TPSA) is 70.2 Å². The van der Waals surface area contributed by atoms with Crippen LogP contribution in [0.3, 0.4) is 0 Å². The Bertz CT molecular complexity index is 429. The maximum Gasteiger partial charge on any atom is 0.341 e. The van der Waals surface area contributed by atoms with Crippen LogP contribution in [0.15, 0.2) is 11.0 Å². The van der Waals surface area contributed by atoms with Gasteiger partial charge >= 0.3 is 5.97 Å². The number of rotatable bonds is 2. The van der Waals surface area contributed by atoms with Crippen molar-refractivity contribution in [2.45, 2.75) is 6.43 Å². The van der Waals surface area contributed by atoms with Crippen LogP contribution in [-0.4, -0.2) is 16.1 Å². The molecule has 1 heterocycles. The van der Waals surface area contributed by atoms with Gasteiger partial charge < -0.3 is 10.1 Å². The molecular weight excluding hydrogens is 220 g/mol. The molecule has 0 aliphatic heterocycles. The van der Waals surface area contributed by atoms with Crippen LogP contribution in [-0.2, 0) is 0 Å². The summed E-state index contributed by atoms with van der Waals surface area (Å²) in [7, 11) is 0. The van der Waals surface area contributed by atoms with E-state index in [1.165, 1.54) is 0 Å². The van der Waals surface area contributed by atoms with Gasteiger partial charge in [-0.15, -0.1) is 0 Å². The highest BCUT2D eigenvalue weighted by Gasteiger charge is 2.19. The molecule has 0 aliphatic rings. The van der Waals surface area contributed by atoms with E-state index in [1.54, 1.807) is 0 Å². The fourth-order valence-corrected chi connectivity index (χ4v) is 1.08. The SMILES string of the molecule is O=C(O)c1c[nH]c(C(F)F)c(Cl)c1=O. The van der Waals surface area contributed by atoms with Gasteiger partial charge in [-0.3, -0.25) is 4.79 Å². The predicted octanol–water partition coefficient (Wildman–Crippen LogP) is 1.66. The lowest BCUT2D eigenvalue weighted by Gasteiger charge is -2.02. The zero-order valence-corrected chi connectivity index (χ0v) is 7.31. The lowest BCUT2D eigenvalue weighted by molar-refractivity contribution is 0.0694. The second-order valence-corrected chi connectivity index (χ2v) is 2.74. The van der Waals surface area contributed by atoms with Gasteiger partial charge in [0.15, 0.2) is 0 Å². The molecule has 0 bridgehead atoms. The molecule has 2 N–H and O–H groups in total. The summed E-state index contributed by atoms with van der Waals surface area (Å²) >= 11 is 5.25. The normalized spacial score (nSPS) is 10.6. The van der Waals surface area contributed by atoms with Crippen molar-refractivity contribution in [1.82, 2.24) is 4.98 Å². The zero-order chi connectivity index (χ0) is 10.9. The largest absolute Gasteiger partial charge is 0.477 e. The molecule has 1 rings (SSSR count). The van der Waals surface area contributed by atoms with Crippen molar-refractivity contribution < 1.29 is 18.7 Å². The van der Waals surface area contributed by atoms with Crippen molar-refractivity contribution >= 4 is 17.6 Å². The van der Waals surface area contributed by atoms with Crippen molar-refractivity contribution in [2.24, 2.45) is 0 Å². The molecule has 0 radical (unpaired) electrons. The van der Waals surface area contributed by atoms with Gasteiger partial charge in [0.1, 0.15) is 16.3 Å². The monoisotopic (exact) mass is 223 g/mol. The van der Waals surface area contributed by atoms with Gasteiger partial charge in [0.2, 0.25) is 5.43 Å². The van der Waals surface area contributed by atoms with E-state index >= 15 is 0 Å². The zero-order valence-electron chi connectivity index (χ0n) is 6.55. The average molecular weight is 224 g/mol. The van der Waals surface area contributed by atoms with Gasteiger partial charge in [-0.1, -0.05) is 11.6 Å². The molecule has 0 amide bonds. The summed E-state index contributed by atoms with van der Waals surface area (Å²) in [4.78, 5) is 23.4. The van der Waals surface area contributed by atoms with Crippen molar-refractivity contribution in [1.29, 1.82) is 0 Å². The van der Waals surface area contributed by atoms with Crippen LogP contribution < -0.4 is 5.43 Å². The molecule has 76 valence electrons. The van der Waals surface area contributed by atoms with E-state index in [0.717, 1.165) is 0 Å². The number of hydrogen-bond acceptors (Lipinski definition) is 2. The van der Waals surface area contributed by atoms with Gasteiger partial charge in [0, 0.05) is 6.20 Å². The molecule has 14 heavy (non-hydrogen) atoms. The number of nitrogens with one attached hydrogen (secondary N) is 1. The fourth-order valence-electron chi connectivity index (χ4n) is 0.837. The van der Waals surface area contributed by atoms with Gasteiger partial charge in [-0.2, -0.15) is 0 Å². The third-order valence-corrected chi connectivity index (χ3v) is 1.88. The summed E-state index contributed by atoms with van der Waals surface area (Å²) in [5.41, 5.74) is -2.56. The highest BCUT2D eigenvalue weighted by Crippen LogP contribution is 2.21. The molecule has 0 saturated heterocycles. The molecule has 1 aromatic rings. The average Bonchev–Trinajstić information content (AvgIpc) is 2.08. The number of carboxylic acid groups (broad SMARTS) is 1. The molecule has 0 aliphatic carbocycles. The summed E-state index contributed by atoms with van der Waals surface area (Å²) in [6, 6.07) is 0. The number of aromatic amines is 1. The van der Waals surface area contributed by atoms with E-state index in [4.69, 9.17) is 16.7 Å². The number of alkyl halides is 2. The summed E-state index contributed by atoms with van der Waals surface area (Å²) in [6.07, 6.45) is -2.25. The molecule has 0 saturated carbocycles. The molecule has 7 heteroatoms. The van der Waals surface area contributed by atoms with E-state index < -0.39 is 34.1 Å². The molecule has 4 nitrogen and oxygen atoms in total. The van der Waals surface area contributed by atoms with Crippen molar-refractivity contribution in [3.63, 3.8) is 0 Å². The fraction of sp³-hybridized carbons (Fsp3) is 0.143. The second kappa shape index (κ2) is 3.75. The molecule has 0 atom stereocenters. The van der Waals surface area contributed by atoms with E-state index in [9.17, 15) is 18.4 Å². The Kier molecular flexibility index (Phi) is 2.85. The molecule has 0 aromatic carbocycles. The first kappa shape index (κ1) is 10.6. The van der Waals surface area contributed by atoms with Gasteiger partial charge in [-0.25, -0.2) is 13.6 Å². The van der Waals surface area contributed by atoms with Gasteiger partial charge in [0.05, 0.1) is 0 Å². The first-order valence-corrected chi connectivity index (χ1v) is 3.75. The second-order valence-electron chi connectivity index (χ2n) is 2.36. The standard InChI is InChI=1S/C7H4ClF2NO3/c8-3-4(6(9)10)11-1-2(5(3)12)7(13)14/h1,6H,(H,11,12)(H,13,14). The minimum atomic E-state index is -2.95. The first-order chi connectivity index (χ1) is 6.45. The number of aromatic carboxylic acids is 1. The highest BCUT2D eigenvalue weighted by atomic mass is 35.5. The third-order valence-electron chi connectivity index (χ3n) is 1.50. The van der Waals surface area contributed by atoms with Gasteiger partial charge in [0.25, 0.3) is 6.43 Å². The van der Waals surface area contributed by atoms with Gasteiger partial charge in [-0.05, 0) is 0 Å². The summed E-state index contributed by atoms with van der Waals surface area (Å²) in [5, 5.41) is 7.66. The highest BCUT2D eigenvalue weighted by molar-refractivity contribution is 6.31. The Labute approximate surface area is 81.1 Å². The van der Waals surface area contributed by atoms with Crippen LogP contribution in [0.4, 0.5) is 8.78 Å². The van der Waals surface area contributed by atoms with Crippen LogP contribution in [0.1, 0.15) is 22.5 Å². The molecule has 0 unspecified atom stereocenters. The van der Waals surface area contributed by atoms with Crippen LogP contribution >= 0.6 is 11.6 Å². The minimum absolute atomic E-state index is 0.667. The van der Waals surface area contributed by atoms with E-state index in [1.807, 2.05) is 4.98 Å². The van der Waals surface area contributed by atoms with E-state index in [2.05, 4.69) is 0 Å². The lowest BCUT2D eigenvalue weighted by Crippen LogP contribution is -2.17. The van der Waals surface area contributed by atoms with E-state index in [-0.39, 0.29) is 0 Å². The first-order valence-electron chi connectivity index (χ1n) is 3.37. The summed E-state index contributed by atoms with van der Waals surface area (Å²) in [5.74, 6) is -1.52. The number of halogens is 3. The number of H-pyrrole nitrogens is 1. The number of aromatic nitrogens is 1. The maximum atomic E-state index is 12.1. The van der Waals surface area contributed by atoms with E-state index in [0.29, 0.717) is 6.20 Å². The minimum Gasteiger partial charge on any atom is -0.477 e. The predicted molar refractivity (Wildman–Crippen MR) is 44.0 cm³/mol. The van der Waals surface area contributed by atoms with Crippen molar-refractivity contribution in [2.75, 3.05) is 0 Å². The quantitative estimate of drug-likeness (QED) is 0.801. The molecule has 0 spiro atoms. The van der Waals surface area contributed by atoms with Crippen molar-refractivity contribution in [3.8, 4) is 0 Å². The number of carbonyl (C=O) groups is 1. The summed E-state index contributed by atoms with van der Waals surface area (Å²) < 4.78 is 24.3. The Morgan fingerprint density at radius 3 is 2.57 bits per heavy atom. The van der Waals surface area contributed by atoms with Crippen LogP contribution in [0.25, 0.3) is 0 Å². The van der Waals surface area contributed by atoms with Crippen LogP contribution in [0.2, 0.25) is 5.02 Å². The van der Waals surface area contributed by atoms with Crippen LogP contribution in [0, 0.1) is 0 Å². The van der Waals surface area contributed by atoms with Crippen molar-refractivity contribution in [3.05, 3.63) is 32.7 Å². The third kappa shape index (κ3) is 1.74. The smallest absolute Gasteiger partial charge is 0.341 e. The molecule has 0 fully saturated rings. The van der Waals surface area contributed by atoms with Crippen LogP contribution in [0.5, 0.6) is 0 Å². The summed E-state index contributed by atoms with van der Waals surface area (Å²) in [6.45, 7) is 0. The Morgan fingerprint density at radius 2 is 2.14 bits per heavy atom. The molecule has 1 aromatic heterocycles. The Hall–Kier alpha value is -1.43. The molecular formula is C7H4ClF2NO3. The maximum absolute atomic E-state index is 12.1. The Morgan fingerprint density at radius 1 is 1.57 bits per heavy atom. The number of pyridine rings is 1. The lowest BCUT2D eigenvalue weighted by atomic mass is 10.2. The Balaban J connectivity index is 3.42. The number of carboxylic acids is 1.